The van der Waals surface area contributed by atoms with Crippen molar-refractivity contribution in [2.75, 3.05) is 0 Å². The molecule has 3 N–H and O–H groups in total. The molecule has 0 aliphatic heterocycles. The van der Waals surface area contributed by atoms with E-state index in [0.29, 0.717) is 0 Å². The van der Waals surface area contributed by atoms with Gasteiger partial charge in [-0.05, 0) is 11.1 Å². The van der Waals surface area contributed by atoms with E-state index >= 15 is 0 Å². The second-order valence-corrected chi connectivity index (χ2v) is 5.60. The van der Waals surface area contributed by atoms with E-state index < -0.39 is 0 Å². The van der Waals surface area contributed by atoms with Gasteiger partial charge in [0.05, 0.1) is 0 Å². The molecule has 0 radical (unpaired) electrons. The van der Waals surface area contributed by atoms with E-state index in [4.69, 9.17) is 0 Å². The van der Waals surface area contributed by atoms with Crippen LogP contribution in [0.1, 0.15) is 11.1 Å². The van der Waals surface area contributed by atoms with Crippen LogP contribution in [-0.4, -0.2) is 0 Å². The lowest BCUT2D eigenvalue weighted by atomic mass is 9.93. The average molecular weight is 265 g/mol. The fourth-order valence-corrected chi connectivity index (χ4v) is 1.99. The third-order valence-electron chi connectivity index (χ3n) is 1.59. The maximum Gasteiger partial charge on any atom is 0.130 e. The predicted molar refractivity (Wildman–Crippen MR) is 50.1 cm³/mol. The van der Waals surface area contributed by atoms with Crippen molar-refractivity contribution in [2.45, 2.75) is 3.23 Å². The van der Waals surface area contributed by atoms with Gasteiger partial charge in [-0.15, -0.1) is 0 Å². The molecule has 0 atom stereocenters. The van der Waals surface area contributed by atoms with Crippen molar-refractivity contribution in [2.24, 2.45) is 0 Å². The van der Waals surface area contributed by atoms with Gasteiger partial charge in [-0.1, -0.05) is 56.1 Å². The molecule has 0 saturated carbocycles. The molecular weight excluding hydrogens is 258 g/mol. The Bertz CT molecular complexity index is 229. The summed E-state index contributed by atoms with van der Waals surface area (Å²) < 4.78 is -0.00521. The van der Waals surface area contributed by atoms with Gasteiger partial charge in [0.25, 0.3) is 0 Å². The van der Waals surface area contributed by atoms with Crippen LogP contribution in [0.4, 0.5) is 0 Å². The fourth-order valence-electron chi connectivity index (χ4n) is 0.999. The van der Waals surface area contributed by atoms with Gasteiger partial charge < -0.3 is 6.15 Å². The summed E-state index contributed by atoms with van der Waals surface area (Å²) in [4.78, 5) is 0. The van der Waals surface area contributed by atoms with E-state index in [-0.39, 0.29) is 9.38 Å². The molecule has 2 aliphatic rings. The fraction of sp³-hybridized carbons (Fsp3) is 0.143. The minimum Gasteiger partial charge on any atom is -0.344 e. The number of fused-ring (bicyclic) bond motifs is 2. The van der Waals surface area contributed by atoms with E-state index in [1.807, 2.05) is 0 Å². The van der Waals surface area contributed by atoms with Gasteiger partial charge in [0, 0.05) is 0 Å². The molecule has 3 rings (SSSR count). The van der Waals surface area contributed by atoms with Crippen LogP contribution < -0.4 is 6.15 Å². The number of rotatable bonds is 0. The van der Waals surface area contributed by atoms with Crippen LogP contribution in [0.3, 0.4) is 0 Å². The molecule has 3 heteroatoms. The van der Waals surface area contributed by atoms with Gasteiger partial charge in [-0.25, -0.2) is 0 Å². The molecule has 2 aliphatic carbocycles. The maximum absolute atomic E-state index is 3.54. The predicted octanol–water partition coefficient (Wildman–Crippen LogP) is 3.15. The highest BCUT2D eigenvalue weighted by atomic mass is 79.9. The van der Waals surface area contributed by atoms with Crippen molar-refractivity contribution < 1.29 is 0 Å². The molecule has 0 fully saturated rings. The summed E-state index contributed by atoms with van der Waals surface area (Å²) in [5.74, 6) is 0. The Morgan fingerprint density at radius 3 is 1.80 bits per heavy atom. The zero-order valence-corrected chi connectivity index (χ0v) is 8.44. The molecule has 1 aromatic carbocycles. The molecular formula is C7H7Br2N. The summed E-state index contributed by atoms with van der Waals surface area (Å²) in [6.45, 7) is 0. The zero-order valence-electron chi connectivity index (χ0n) is 5.27. The second kappa shape index (κ2) is 2.32. The summed E-state index contributed by atoms with van der Waals surface area (Å²) in [5, 5.41) is 0. The summed E-state index contributed by atoms with van der Waals surface area (Å²) in [6.07, 6.45) is 0. The molecule has 2 bridgehead atoms. The van der Waals surface area contributed by atoms with Crippen LogP contribution >= 0.6 is 31.9 Å². The van der Waals surface area contributed by atoms with E-state index in [2.05, 4.69) is 56.1 Å². The number of halogens is 2. The van der Waals surface area contributed by atoms with Gasteiger partial charge in [0.2, 0.25) is 0 Å². The summed E-state index contributed by atoms with van der Waals surface area (Å²) >= 11 is 7.07. The van der Waals surface area contributed by atoms with Crippen LogP contribution in [0.25, 0.3) is 0 Å². The van der Waals surface area contributed by atoms with Crippen molar-refractivity contribution in [3.05, 3.63) is 35.4 Å². The van der Waals surface area contributed by atoms with Gasteiger partial charge in [0.15, 0.2) is 0 Å². The molecule has 0 spiro atoms. The molecule has 0 amide bonds. The Labute approximate surface area is 76.7 Å². The Balaban J connectivity index is 0.000000500. The topological polar surface area (TPSA) is 35.0 Å². The van der Waals surface area contributed by atoms with Crippen molar-refractivity contribution in [1.29, 1.82) is 0 Å². The average Bonchev–Trinajstić information content (AvgIpc) is 1.89. The van der Waals surface area contributed by atoms with Crippen LogP contribution in [0.5, 0.6) is 0 Å². The van der Waals surface area contributed by atoms with Crippen molar-refractivity contribution in [3.8, 4) is 0 Å². The monoisotopic (exact) mass is 263 g/mol. The van der Waals surface area contributed by atoms with E-state index in [1.165, 1.54) is 11.1 Å². The first-order valence-electron chi connectivity index (χ1n) is 2.70. The number of alkyl halides is 2. The lowest BCUT2D eigenvalue weighted by Crippen LogP contribution is -2.19. The molecule has 0 unspecified atom stereocenters. The Hall–Kier alpha value is 0.140. The van der Waals surface area contributed by atoms with E-state index in [1.54, 1.807) is 0 Å². The number of hydrogen-bond acceptors (Lipinski definition) is 1. The lowest BCUT2D eigenvalue weighted by molar-refractivity contribution is 1.02. The summed E-state index contributed by atoms with van der Waals surface area (Å²) in [5.41, 5.74) is 2.61. The standard InChI is InChI=1S/C7H4Br2.H3N/c8-7(9)5-2-1-3-6(7)4-5;/h1-4H;1H3. The zero-order chi connectivity index (χ0) is 6.48. The molecule has 0 saturated heterocycles. The normalized spacial score (nSPS) is 17.0. The second-order valence-electron chi connectivity index (χ2n) is 2.16. The minimum absolute atomic E-state index is 0. The summed E-state index contributed by atoms with van der Waals surface area (Å²) in [6, 6.07) is 8.40. The number of hydrogen-bond donors (Lipinski definition) is 1. The molecule has 1 aromatic rings. The minimum atomic E-state index is -0.00521. The molecule has 0 aromatic heterocycles. The molecule has 54 valence electrons. The van der Waals surface area contributed by atoms with Crippen molar-refractivity contribution >= 4 is 31.9 Å². The first-order valence-corrected chi connectivity index (χ1v) is 4.29. The van der Waals surface area contributed by atoms with E-state index in [9.17, 15) is 0 Å². The van der Waals surface area contributed by atoms with E-state index in [0.717, 1.165) is 0 Å². The Morgan fingerprint density at radius 2 is 1.60 bits per heavy atom. The van der Waals surface area contributed by atoms with Crippen LogP contribution in [0.15, 0.2) is 24.3 Å². The Morgan fingerprint density at radius 1 is 1.10 bits per heavy atom. The SMILES string of the molecule is BrC1(Br)c2cccc1c2.N. The van der Waals surface area contributed by atoms with Gasteiger partial charge in [-0.2, -0.15) is 0 Å². The quantitative estimate of drug-likeness (QED) is 0.718. The number of benzene rings is 1. The third kappa shape index (κ3) is 0.847. The van der Waals surface area contributed by atoms with Crippen molar-refractivity contribution in [3.63, 3.8) is 0 Å². The molecule has 1 nitrogen and oxygen atoms in total. The largest absolute Gasteiger partial charge is 0.344 e. The van der Waals surface area contributed by atoms with Crippen molar-refractivity contribution in [1.82, 2.24) is 6.15 Å². The summed E-state index contributed by atoms with van der Waals surface area (Å²) in [7, 11) is 0. The van der Waals surface area contributed by atoms with Crippen LogP contribution in [0, 0.1) is 0 Å². The third-order valence-corrected chi connectivity index (χ3v) is 3.42. The molecule has 0 heterocycles. The van der Waals surface area contributed by atoms with Gasteiger partial charge >= 0.3 is 0 Å². The van der Waals surface area contributed by atoms with Gasteiger partial charge in [0.1, 0.15) is 3.23 Å². The maximum atomic E-state index is 3.54. The first-order chi connectivity index (χ1) is 4.21. The highest BCUT2D eigenvalue weighted by Gasteiger charge is 2.35. The van der Waals surface area contributed by atoms with Crippen LogP contribution in [0.2, 0.25) is 0 Å². The van der Waals surface area contributed by atoms with Crippen LogP contribution in [-0.2, 0) is 3.23 Å². The molecule has 10 heavy (non-hydrogen) atoms. The Kier molecular flexibility index (Phi) is 1.92. The highest BCUT2D eigenvalue weighted by Crippen LogP contribution is 2.51. The lowest BCUT2D eigenvalue weighted by Gasteiger charge is -2.30. The highest BCUT2D eigenvalue weighted by molar-refractivity contribution is 9.25. The first kappa shape index (κ1) is 8.24. The van der Waals surface area contributed by atoms with Gasteiger partial charge in [-0.3, -0.25) is 0 Å². The smallest absolute Gasteiger partial charge is 0.130 e.